The Morgan fingerprint density at radius 2 is 2.00 bits per heavy atom. The lowest BCUT2D eigenvalue weighted by Crippen LogP contribution is -2.07. The van der Waals surface area contributed by atoms with Crippen LogP contribution in [0.2, 0.25) is 0 Å². The molecule has 0 atom stereocenters. The molecule has 0 saturated carbocycles. The number of nitrogen functional groups attached to an aromatic ring is 1. The highest BCUT2D eigenvalue weighted by Crippen LogP contribution is 2.37. The smallest absolute Gasteiger partial charge is 0.0859 e. The summed E-state index contributed by atoms with van der Waals surface area (Å²) in [5.41, 5.74) is 7.74. The summed E-state index contributed by atoms with van der Waals surface area (Å²) < 4.78 is 1.12. The summed E-state index contributed by atoms with van der Waals surface area (Å²) in [6, 6.07) is 6.02. The van der Waals surface area contributed by atoms with Gasteiger partial charge in [0.1, 0.15) is 0 Å². The number of fused-ring (bicyclic) bond motifs is 1. The van der Waals surface area contributed by atoms with E-state index in [4.69, 9.17) is 5.73 Å². The number of benzene rings is 1. The van der Waals surface area contributed by atoms with Crippen molar-refractivity contribution in [2.24, 2.45) is 0 Å². The van der Waals surface area contributed by atoms with Crippen molar-refractivity contribution in [3.8, 4) is 0 Å². The van der Waals surface area contributed by atoms with Crippen LogP contribution in [0.25, 0.3) is 10.9 Å². The number of nitrogens with zero attached hydrogens (tertiary/aromatic N) is 1. The first-order valence-corrected chi connectivity index (χ1v) is 7.00. The highest BCUT2D eigenvalue weighted by molar-refractivity contribution is 9.10. The lowest BCUT2D eigenvalue weighted by Gasteiger charge is -2.18. The molecule has 0 bridgehead atoms. The van der Waals surface area contributed by atoms with Gasteiger partial charge in [0.25, 0.3) is 0 Å². The van der Waals surface area contributed by atoms with Gasteiger partial charge in [-0.15, -0.1) is 11.8 Å². The van der Waals surface area contributed by atoms with E-state index < -0.39 is 0 Å². The summed E-state index contributed by atoms with van der Waals surface area (Å²) in [7, 11) is 0. The molecule has 0 aliphatic rings. The molecule has 90 valence electrons. The van der Waals surface area contributed by atoms with E-state index in [2.05, 4.69) is 47.8 Å². The van der Waals surface area contributed by atoms with Gasteiger partial charge in [-0.2, -0.15) is 0 Å². The first kappa shape index (κ1) is 12.7. The maximum atomic E-state index is 5.99. The summed E-state index contributed by atoms with van der Waals surface area (Å²) >= 11 is 5.24. The van der Waals surface area contributed by atoms with Gasteiger partial charge in [-0.05, 0) is 34.1 Å². The minimum absolute atomic E-state index is 0.164. The second-order valence-electron chi connectivity index (χ2n) is 4.92. The largest absolute Gasteiger partial charge is 0.398 e. The van der Waals surface area contributed by atoms with Crippen LogP contribution in [0.15, 0.2) is 33.8 Å². The topological polar surface area (TPSA) is 38.9 Å². The summed E-state index contributed by atoms with van der Waals surface area (Å²) in [6.07, 6.45) is 1.81. The Morgan fingerprint density at radius 1 is 1.29 bits per heavy atom. The predicted octanol–water partition coefficient (Wildman–Crippen LogP) is 4.47. The van der Waals surface area contributed by atoms with Crippen molar-refractivity contribution >= 4 is 44.3 Å². The lowest BCUT2D eigenvalue weighted by atomic mass is 10.2. The van der Waals surface area contributed by atoms with Crippen LogP contribution in [0.1, 0.15) is 20.8 Å². The van der Waals surface area contributed by atoms with E-state index in [1.807, 2.05) is 30.1 Å². The summed E-state index contributed by atoms with van der Waals surface area (Å²) in [4.78, 5) is 5.65. The molecule has 2 aromatic rings. The molecule has 4 heteroatoms. The second-order valence-corrected chi connectivity index (χ2v) is 7.70. The molecular formula is C13H15BrN2S. The van der Waals surface area contributed by atoms with Crippen molar-refractivity contribution in [2.75, 3.05) is 5.73 Å². The van der Waals surface area contributed by atoms with Crippen molar-refractivity contribution in [3.63, 3.8) is 0 Å². The van der Waals surface area contributed by atoms with Crippen molar-refractivity contribution in [1.82, 2.24) is 4.98 Å². The molecular weight excluding hydrogens is 296 g/mol. The van der Waals surface area contributed by atoms with Crippen LogP contribution in [-0.2, 0) is 0 Å². The third-order valence-corrected chi connectivity index (χ3v) is 3.82. The Kier molecular flexibility index (Phi) is 3.36. The van der Waals surface area contributed by atoms with Crippen LogP contribution in [0, 0.1) is 0 Å². The van der Waals surface area contributed by atoms with Crippen LogP contribution >= 0.6 is 27.7 Å². The Morgan fingerprint density at radius 3 is 2.65 bits per heavy atom. The zero-order valence-electron chi connectivity index (χ0n) is 10.1. The predicted molar refractivity (Wildman–Crippen MR) is 79.5 cm³/mol. The molecule has 0 aliphatic carbocycles. The zero-order chi connectivity index (χ0) is 12.6. The van der Waals surface area contributed by atoms with Gasteiger partial charge in [-0.1, -0.05) is 20.8 Å². The number of hydrogen-bond donors (Lipinski definition) is 1. The molecule has 0 fully saturated rings. The van der Waals surface area contributed by atoms with Gasteiger partial charge in [0.2, 0.25) is 0 Å². The number of nitrogens with two attached hydrogens (primary N) is 1. The first-order valence-electron chi connectivity index (χ1n) is 5.39. The monoisotopic (exact) mass is 310 g/mol. The first-order chi connectivity index (χ1) is 7.87. The van der Waals surface area contributed by atoms with E-state index in [0.29, 0.717) is 0 Å². The van der Waals surface area contributed by atoms with Gasteiger partial charge < -0.3 is 5.73 Å². The van der Waals surface area contributed by atoms with Crippen molar-refractivity contribution in [3.05, 3.63) is 28.9 Å². The number of pyridine rings is 1. The molecule has 2 rings (SSSR count). The third kappa shape index (κ3) is 2.93. The third-order valence-electron chi connectivity index (χ3n) is 2.23. The SMILES string of the molecule is CC(C)(C)Sc1ccc(N)c2cc(Br)cnc12. The van der Waals surface area contributed by atoms with E-state index in [9.17, 15) is 0 Å². The lowest BCUT2D eigenvalue weighted by molar-refractivity contribution is 0.803. The van der Waals surface area contributed by atoms with Crippen LogP contribution in [0.4, 0.5) is 5.69 Å². The molecule has 1 aromatic carbocycles. The van der Waals surface area contributed by atoms with Gasteiger partial charge in [0.05, 0.1) is 5.52 Å². The van der Waals surface area contributed by atoms with E-state index in [0.717, 1.165) is 21.1 Å². The summed E-state index contributed by atoms with van der Waals surface area (Å²) in [5, 5.41) is 1.01. The highest BCUT2D eigenvalue weighted by Gasteiger charge is 2.15. The maximum absolute atomic E-state index is 5.99. The highest BCUT2D eigenvalue weighted by atomic mass is 79.9. The average molecular weight is 311 g/mol. The quantitative estimate of drug-likeness (QED) is 0.624. The summed E-state index contributed by atoms with van der Waals surface area (Å²) in [6.45, 7) is 6.58. The molecule has 1 aromatic heterocycles. The average Bonchev–Trinajstić information content (AvgIpc) is 2.21. The molecule has 2 nitrogen and oxygen atoms in total. The van der Waals surface area contributed by atoms with Gasteiger partial charge in [-0.25, -0.2) is 0 Å². The Hall–Kier alpha value is -0.740. The molecule has 1 heterocycles. The van der Waals surface area contributed by atoms with E-state index in [1.165, 1.54) is 4.90 Å². The number of anilines is 1. The second kappa shape index (κ2) is 4.50. The van der Waals surface area contributed by atoms with Crippen LogP contribution in [0.5, 0.6) is 0 Å². The Bertz CT molecular complexity index is 561. The number of thioether (sulfide) groups is 1. The van der Waals surface area contributed by atoms with Crippen molar-refractivity contribution < 1.29 is 0 Å². The Balaban J connectivity index is 2.62. The van der Waals surface area contributed by atoms with E-state index in [-0.39, 0.29) is 4.75 Å². The molecule has 0 aliphatic heterocycles. The zero-order valence-corrected chi connectivity index (χ0v) is 12.5. The molecule has 2 N–H and O–H groups in total. The molecule has 0 radical (unpaired) electrons. The minimum atomic E-state index is 0.164. The summed E-state index contributed by atoms with van der Waals surface area (Å²) in [5.74, 6) is 0. The van der Waals surface area contributed by atoms with E-state index in [1.54, 1.807) is 0 Å². The fourth-order valence-corrected chi connectivity index (χ4v) is 2.99. The van der Waals surface area contributed by atoms with Gasteiger partial charge in [0.15, 0.2) is 0 Å². The van der Waals surface area contributed by atoms with Crippen LogP contribution in [-0.4, -0.2) is 9.73 Å². The van der Waals surface area contributed by atoms with Crippen molar-refractivity contribution in [1.29, 1.82) is 0 Å². The van der Waals surface area contributed by atoms with Gasteiger partial charge in [-0.3, -0.25) is 4.98 Å². The van der Waals surface area contributed by atoms with Gasteiger partial charge >= 0.3 is 0 Å². The van der Waals surface area contributed by atoms with Gasteiger partial charge in [0, 0.05) is 31.4 Å². The normalized spacial score (nSPS) is 12.0. The number of rotatable bonds is 1. The van der Waals surface area contributed by atoms with Crippen LogP contribution in [0.3, 0.4) is 0 Å². The number of hydrogen-bond acceptors (Lipinski definition) is 3. The number of aromatic nitrogens is 1. The molecule has 0 saturated heterocycles. The van der Waals surface area contributed by atoms with Crippen molar-refractivity contribution in [2.45, 2.75) is 30.4 Å². The van der Waals surface area contributed by atoms with Crippen LogP contribution < -0.4 is 5.73 Å². The molecule has 0 amide bonds. The molecule has 17 heavy (non-hydrogen) atoms. The van der Waals surface area contributed by atoms with E-state index >= 15 is 0 Å². The fraction of sp³-hybridized carbons (Fsp3) is 0.308. The molecule has 0 spiro atoms. The fourth-order valence-electron chi connectivity index (χ4n) is 1.60. The maximum Gasteiger partial charge on any atom is 0.0859 e. The Labute approximate surface area is 114 Å². The standard InChI is InChI=1S/C13H15BrN2S/c1-13(2,3)17-11-5-4-10(15)9-6-8(14)7-16-12(9)11/h4-7H,15H2,1-3H3. The molecule has 0 unspecified atom stereocenters. The number of halogens is 1. The minimum Gasteiger partial charge on any atom is -0.398 e.